The van der Waals surface area contributed by atoms with E-state index in [1.165, 1.54) is 25.7 Å². The van der Waals surface area contributed by atoms with Gasteiger partial charge in [0.15, 0.2) is 0 Å². The second-order valence-electron chi connectivity index (χ2n) is 5.52. The Morgan fingerprint density at radius 2 is 1.69 bits per heavy atom. The molecule has 0 nitrogen and oxygen atoms in total. The van der Waals surface area contributed by atoms with E-state index in [-0.39, 0.29) is 5.41 Å². The van der Waals surface area contributed by atoms with Gasteiger partial charge in [-0.15, -0.1) is 0 Å². The number of alkyl halides is 1. The van der Waals surface area contributed by atoms with Crippen LogP contribution in [-0.4, -0.2) is 6.17 Å². The van der Waals surface area contributed by atoms with Gasteiger partial charge in [-0.1, -0.05) is 33.1 Å². The number of rotatable bonds is 0. The highest BCUT2D eigenvalue weighted by Gasteiger charge is 2.45. The van der Waals surface area contributed by atoms with Gasteiger partial charge in [0.25, 0.3) is 0 Å². The normalized spacial score (nSPS) is 44.1. The molecule has 3 unspecified atom stereocenters. The lowest BCUT2D eigenvalue weighted by Crippen LogP contribution is -2.44. The quantitative estimate of drug-likeness (QED) is 0.534. The van der Waals surface area contributed by atoms with E-state index in [1.54, 1.807) is 0 Å². The molecule has 2 saturated carbocycles. The Balaban J connectivity index is 2.14. The van der Waals surface area contributed by atoms with E-state index in [9.17, 15) is 4.39 Å². The van der Waals surface area contributed by atoms with Crippen LogP contribution in [0, 0.1) is 17.3 Å². The Morgan fingerprint density at radius 1 is 1.00 bits per heavy atom. The van der Waals surface area contributed by atoms with Gasteiger partial charge in [-0.05, 0) is 36.5 Å². The summed E-state index contributed by atoms with van der Waals surface area (Å²) >= 11 is 0. The Kier molecular flexibility index (Phi) is 2.37. The minimum atomic E-state index is -0.549. The van der Waals surface area contributed by atoms with Gasteiger partial charge >= 0.3 is 0 Å². The predicted octanol–water partition coefficient (Wildman–Crippen LogP) is 3.95. The molecule has 13 heavy (non-hydrogen) atoms. The molecule has 0 aromatic carbocycles. The van der Waals surface area contributed by atoms with Crippen LogP contribution >= 0.6 is 0 Å². The zero-order valence-electron chi connectivity index (χ0n) is 8.85. The lowest BCUT2D eigenvalue weighted by molar-refractivity contribution is -0.0299. The maximum Gasteiger partial charge on any atom is 0.105 e. The summed E-state index contributed by atoms with van der Waals surface area (Å²) in [5, 5.41) is 0. The van der Waals surface area contributed by atoms with Crippen molar-refractivity contribution < 1.29 is 4.39 Å². The number of fused-ring (bicyclic) bond motifs is 1. The zero-order chi connectivity index (χ0) is 9.47. The second-order valence-corrected chi connectivity index (χ2v) is 5.52. The van der Waals surface area contributed by atoms with Gasteiger partial charge in [-0.3, -0.25) is 0 Å². The van der Waals surface area contributed by atoms with E-state index < -0.39 is 6.17 Å². The summed E-state index contributed by atoms with van der Waals surface area (Å²) in [6.45, 7) is 4.28. The van der Waals surface area contributed by atoms with Crippen LogP contribution in [0.5, 0.6) is 0 Å². The molecular weight excluding hydrogens is 163 g/mol. The highest BCUT2D eigenvalue weighted by atomic mass is 19.1. The highest BCUT2D eigenvalue weighted by Crippen LogP contribution is 2.51. The van der Waals surface area contributed by atoms with Crippen molar-refractivity contribution in [3.8, 4) is 0 Å². The van der Waals surface area contributed by atoms with Gasteiger partial charge in [0.2, 0.25) is 0 Å². The first-order valence-corrected chi connectivity index (χ1v) is 5.76. The molecule has 0 N–H and O–H groups in total. The molecule has 0 heterocycles. The Bertz CT molecular complexity index is 186. The highest BCUT2D eigenvalue weighted by molar-refractivity contribution is 4.95. The van der Waals surface area contributed by atoms with Crippen molar-refractivity contribution in [3.63, 3.8) is 0 Å². The third kappa shape index (κ3) is 1.51. The van der Waals surface area contributed by atoms with Crippen molar-refractivity contribution in [1.82, 2.24) is 0 Å². The van der Waals surface area contributed by atoms with Gasteiger partial charge in [0.05, 0.1) is 0 Å². The molecule has 0 radical (unpaired) electrons. The van der Waals surface area contributed by atoms with Gasteiger partial charge in [0.1, 0.15) is 6.17 Å². The first-order chi connectivity index (χ1) is 6.12. The largest absolute Gasteiger partial charge is 0.247 e. The molecule has 1 heteroatoms. The molecule has 0 aromatic rings. The van der Waals surface area contributed by atoms with Crippen molar-refractivity contribution in [3.05, 3.63) is 0 Å². The third-order valence-corrected chi connectivity index (χ3v) is 4.46. The fraction of sp³-hybridized carbons (Fsp3) is 1.00. The average molecular weight is 184 g/mol. The minimum Gasteiger partial charge on any atom is -0.247 e. The van der Waals surface area contributed by atoms with Crippen molar-refractivity contribution in [2.75, 3.05) is 0 Å². The van der Waals surface area contributed by atoms with Crippen LogP contribution in [0.1, 0.15) is 52.4 Å². The lowest BCUT2D eigenvalue weighted by Gasteiger charge is -2.48. The van der Waals surface area contributed by atoms with Crippen molar-refractivity contribution in [1.29, 1.82) is 0 Å². The van der Waals surface area contributed by atoms with E-state index in [0.29, 0.717) is 5.92 Å². The molecule has 0 aliphatic heterocycles. The molecule has 2 rings (SSSR count). The SMILES string of the molecule is CC1(C)C(F)CCC2CCCCC21. The minimum absolute atomic E-state index is 0.0384. The molecule has 2 fully saturated rings. The Morgan fingerprint density at radius 3 is 2.46 bits per heavy atom. The van der Waals surface area contributed by atoms with E-state index in [1.807, 2.05) is 0 Å². The van der Waals surface area contributed by atoms with E-state index in [2.05, 4.69) is 13.8 Å². The predicted molar refractivity (Wildman–Crippen MR) is 53.4 cm³/mol. The van der Waals surface area contributed by atoms with Crippen LogP contribution in [0.25, 0.3) is 0 Å². The van der Waals surface area contributed by atoms with Gasteiger partial charge in [-0.25, -0.2) is 4.39 Å². The van der Waals surface area contributed by atoms with E-state index in [0.717, 1.165) is 18.8 Å². The molecule has 0 bridgehead atoms. The summed E-state index contributed by atoms with van der Waals surface area (Å²) in [7, 11) is 0. The summed E-state index contributed by atoms with van der Waals surface area (Å²) in [5.74, 6) is 1.51. The lowest BCUT2D eigenvalue weighted by atomic mass is 9.58. The topological polar surface area (TPSA) is 0 Å². The maximum atomic E-state index is 13.7. The second kappa shape index (κ2) is 3.25. The molecule has 2 aliphatic carbocycles. The van der Waals surface area contributed by atoms with Crippen molar-refractivity contribution in [2.24, 2.45) is 17.3 Å². The zero-order valence-corrected chi connectivity index (χ0v) is 8.85. The molecule has 76 valence electrons. The third-order valence-electron chi connectivity index (χ3n) is 4.46. The van der Waals surface area contributed by atoms with Crippen LogP contribution in [0.3, 0.4) is 0 Å². The molecule has 3 atom stereocenters. The summed E-state index contributed by atoms with van der Waals surface area (Å²) in [4.78, 5) is 0. The number of halogens is 1. The first-order valence-electron chi connectivity index (χ1n) is 5.76. The van der Waals surface area contributed by atoms with E-state index >= 15 is 0 Å². The van der Waals surface area contributed by atoms with Crippen molar-refractivity contribution in [2.45, 2.75) is 58.5 Å². The van der Waals surface area contributed by atoms with Crippen LogP contribution < -0.4 is 0 Å². The van der Waals surface area contributed by atoms with Gasteiger partial charge in [-0.2, -0.15) is 0 Å². The van der Waals surface area contributed by atoms with Crippen LogP contribution in [0.4, 0.5) is 4.39 Å². The molecule has 0 spiro atoms. The summed E-state index contributed by atoms with van der Waals surface area (Å²) in [6.07, 6.45) is 6.76. The standard InChI is InChI=1S/C12H21F/c1-12(2)10-6-4-3-5-9(10)7-8-11(12)13/h9-11H,3-8H2,1-2H3. The van der Waals surface area contributed by atoms with Crippen LogP contribution in [0.2, 0.25) is 0 Å². The maximum absolute atomic E-state index is 13.7. The fourth-order valence-corrected chi connectivity index (χ4v) is 3.50. The average Bonchev–Trinajstić information content (AvgIpc) is 2.13. The first kappa shape index (κ1) is 9.48. The summed E-state index contributed by atoms with van der Waals surface area (Å²) < 4.78 is 13.7. The molecule has 0 saturated heterocycles. The summed E-state index contributed by atoms with van der Waals surface area (Å²) in [5.41, 5.74) is -0.0384. The summed E-state index contributed by atoms with van der Waals surface area (Å²) in [6, 6.07) is 0. The smallest absolute Gasteiger partial charge is 0.105 e. The molecule has 0 aromatic heterocycles. The molecule has 0 amide bonds. The van der Waals surface area contributed by atoms with Gasteiger partial charge in [0, 0.05) is 0 Å². The van der Waals surface area contributed by atoms with E-state index in [4.69, 9.17) is 0 Å². The number of hydrogen-bond acceptors (Lipinski definition) is 0. The van der Waals surface area contributed by atoms with Crippen LogP contribution in [0.15, 0.2) is 0 Å². The van der Waals surface area contributed by atoms with Gasteiger partial charge < -0.3 is 0 Å². The fourth-order valence-electron chi connectivity index (χ4n) is 3.50. The Hall–Kier alpha value is -0.0700. The molecule has 2 aliphatic rings. The Labute approximate surface area is 80.9 Å². The monoisotopic (exact) mass is 184 g/mol. The molecular formula is C12H21F. The van der Waals surface area contributed by atoms with Crippen LogP contribution in [-0.2, 0) is 0 Å². The van der Waals surface area contributed by atoms with Crippen molar-refractivity contribution >= 4 is 0 Å². The number of hydrogen-bond donors (Lipinski definition) is 0.